The lowest BCUT2D eigenvalue weighted by molar-refractivity contribution is 0.354. The van der Waals surface area contributed by atoms with Gasteiger partial charge in [0.2, 0.25) is 0 Å². The van der Waals surface area contributed by atoms with Crippen LogP contribution in [0.4, 0.5) is 0 Å². The number of methoxy groups -OCH3 is 2. The van der Waals surface area contributed by atoms with Crippen LogP contribution in [-0.4, -0.2) is 35.3 Å². The van der Waals surface area contributed by atoms with Gasteiger partial charge in [0.25, 0.3) is 0 Å². The Morgan fingerprint density at radius 1 is 1.28 bits per heavy atom. The van der Waals surface area contributed by atoms with Crippen LogP contribution >= 0.6 is 12.2 Å². The summed E-state index contributed by atoms with van der Waals surface area (Å²) in [5.41, 5.74) is 2.35. The molecule has 1 N–H and O–H groups in total. The summed E-state index contributed by atoms with van der Waals surface area (Å²) in [6, 6.07) is 6.10. The zero-order chi connectivity index (χ0) is 17.9. The zero-order valence-corrected chi connectivity index (χ0v) is 15.9. The summed E-state index contributed by atoms with van der Waals surface area (Å²) in [6.07, 6.45) is 6.93. The Bertz CT molecular complexity index is 753. The van der Waals surface area contributed by atoms with Crippen LogP contribution in [0.25, 0.3) is 0 Å². The average Bonchev–Trinajstić information content (AvgIpc) is 3.35. The number of ether oxygens (including phenoxy) is 2. The van der Waals surface area contributed by atoms with Crippen LogP contribution in [0.15, 0.2) is 30.7 Å². The van der Waals surface area contributed by atoms with Crippen molar-refractivity contribution < 1.29 is 9.47 Å². The number of nitrogens with one attached hydrogen (secondary N) is 1. The van der Waals surface area contributed by atoms with Crippen LogP contribution in [-0.2, 0) is 12.0 Å². The van der Waals surface area contributed by atoms with Gasteiger partial charge in [-0.15, -0.1) is 0 Å². The van der Waals surface area contributed by atoms with Crippen LogP contribution in [0.2, 0.25) is 0 Å². The third-order valence-electron chi connectivity index (χ3n) is 4.90. The Kier molecular flexibility index (Phi) is 5.27. The number of rotatable bonds is 8. The van der Waals surface area contributed by atoms with Gasteiger partial charge in [0.05, 0.1) is 25.5 Å². The second-order valence-electron chi connectivity index (χ2n) is 6.49. The number of hydrogen-bond donors (Lipinski definition) is 1. The second-order valence-corrected chi connectivity index (χ2v) is 6.90. The van der Waals surface area contributed by atoms with Gasteiger partial charge in [-0.3, -0.25) is 0 Å². The average molecular weight is 359 g/mol. The Balaban J connectivity index is 1.59. The Morgan fingerprint density at radius 2 is 2.04 bits per heavy atom. The van der Waals surface area contributed by atoms with E-state index in [0.717, 1.165) is 48.8 Å². The number of nitrogens with zero attached hydrogens (tertiary/aromatic N) is 2. The molecule has 1 fully saturated rings. The van der Waals surface area contributed by atoms with Gasteiger partial charge in [-0.25, -0.2) is 4.98 Å². The SMILES string of the molecule is COc1ccc(C2(C(=S)NCCCn3cncc3C)CC2)cc1OC. The molecule has 1 aromatic carbocycles. The minimum Gasteiger partial charge on any atom is -0.493 e. The molecule has 1 aromatic heterocycles. The van der Waals surface area contributed by atoms with Crippen LogP contribution in [0.5, 0.6) is 11.5 Å². The Labute approximate surface area is 154 Å². The van der Waals surface area contributed by atoms with Crippen molar-refractivity contribution in [2.75, 3.05) is 20.8 Å². The van der Waals surface area contributed by atoms with Gasteiger partial charge in [-0.2, -0.15) is 0 Å². The summed E-state index contributed by atoms with van der Waals surface area (Å²) < 4.78 is 12.9. The van der Waals surface area contributed by atoms with E-state index in [0.29, 0.717) is 0 Å². The summed E-state index contributed by atoms with van der Waals surface area (Å²) in [4.78, 5) is 5.08. The molecule has 0 radical (unpaired) electrons. The lowest BCUT2D eigenvalue weighted by Crippen LogP contribution is -2.34. The van der Waals surface area contributed by atoms with Crippen LogP contribution < -0.4 is 14.8 Å². The van der Waals surface area contributed by atoms with Gasteiger partial charge in [0, 0.05) is 30.4 Å². The van der Waals surface area contributed by atoms with Gasteiger partial charge in [-0.1, -0.05) is 18.3 Å². The Hall–Kier alpha value is -2.08. The summed E-state index contributed by atoms with van der Waals surface area (Å²) in [7, 11) is 3.31. The molecule has 25 heavy (non-hydrogen) atoms. The standard InChI is InChI=1S/C19H25N3O2S/c1-14-12-20-13-22(14)10-4-9-21-18(25)19(7-8-19)15-5-6-16(23-2)17(11-15)24-3/h5-6,11-13H,4,7-10H2,1-3H3,(H,21,25). The monoisotopic (exact) mass is 359 g/mol. The molecule has 134 valence electrons. The molecule has 2 aromatic rings. The maximum Gasteiger partial charge on any atom is 0.161 e. The summed E-state index contributed by atoms with van der Waals surface area (Å²) in [6.45, 7) is 3.89. The predicted octanol–water partition coefficient (Wildman–Crippen LogP) is 3.25. The number of aryl methyl sites for hydroxylation is 2. The molecular formula is C19H25N3O2S. The molecule has 1 aliphatic rings. The normalized spacial score (nSPS) is 14.8. The van der Waals surface area contributed by atoms with E-state index in [2.05, 4.69) is 33.9 Å². The first-order chi connectivity index (χ1) is 12.1. The molecule has 1 aliphatic carbocycles. The number of hydrogen-bond acceptors (Lipinski definition) is 4. The molecule has 0 aliphatic heterocycles. The topological polar surface area (TPSA) is 48.3 Å². The van der Waals surface area contributed by atoms with Crippen molar-refractivity contribution in [1.29, 1.82) is 0 Å². The highest BCUT2D eigenvalue weighted by atomic mass is 32.1. The molecule has 0 spiro atoms. The molecule has 0 atom stereocenters. The highest BCUT2D eigenvalue weighted by molar-refractivity contribution is 7.80. The van der Waals surface area contributed by atoms with Crippen molar-refractivity contribution >= 4 is 17.2 Å². The van der Waals surface area contributed by atoms with Crippen LogP contribution in [0.3, 0.4) is 0 Å². The molecule has 0 amide bonds. The minimum absolute atomic E-state index is 0.0419. The van der Waals surface area contributed by atoms with Gasteiger partial charge >= 0.3 is 0 Å². The highest BCUT2D eigenvalue weighted by Crippen LogP contribution is 2.50. The maximum atomic E-state index is 5.71. The second kappa shape index (κ2) is 7.44. The minimum atomic E-state index is -0.0419. The molecule has 6 heteroatoms. The van der Waals surface area contributed by atoms with Crippen molar-refractivity contribution in [1.82, 2.24) is 14.9 Å². The van der Waals surface area contributed by atoms with Gasteiger partial charge in [0.15, 0.2) is 11.5 Å². The highest BCUT2D eigenvalue weighted by Gasteiger charge is 2.48. The maximum absolute atomic E-state index is 5.71. The molecule has 5 nitrogen and oxygen atoms in total. The van der Waals surface area contributed by atoms with E-state index in [1.54, 1.807) is 14.2 Å². The van der Waals surface area contributed by atoms with Crippen molar-refractivity contribution in [2.24, 2.45) is 0 Å². The first-order valence-electron chi connectivity index (χ1n) is 8.58. The number of imidazole rings is 1. The first kappa shape index (κ1) is 17.7. The zero-order valence-electron chi connectivity index (χ0n) is 15.0. The largest absolute Gasteiger partial charge is 0.493 e. The van der Waals surface area contributed by atoms with E-state index < -0.39 is 0 Å². The molecular weight excluding hydrogens is 334 g/mol. The molecule has 0 saturated heterocycles. The van der Waals surface area contributed by atoms with Crippen molar-refractivity contribution in [2.45, 2.75) is 38.1 Å². The lowest BCUT2D eigenvalue weighted by atomic mass is 9.95. The lowest BCUT2D eigenvalue weighted by Gasteiger charge is -2.20. The number of thiocarbonyl (C=S) groups is 1. The van der Waals surface area contributed by atoms with E-state index >= 15 is 0 Å². The van der Waals surface area contributed by atoms with Gasteiger partial charge in [-0.05, 0) is 43.9 Å². The number of benzene rings is 1. The first-order valence-corrected chi connectivity index (χ1v) is 8.99. The summed E-state index contributed by atoms with van der Waals surface area (Å²) in [5.74, 6) is 1.50. The third-order valence-corrected chi connectivity index (χ3v) is 5.44. The van der Waals surface area contributed by atoms with E-state index in [1.165, 1.54) is 11.3 Å². The Morgan fingerprint density at radius 3 is 2.64 bits per heavy atom. The van der Waals surface area contributed by atoms with Crippen molar-refractivity contribution in [3.8, 4) is 11.5 Å². The van der Waals surface area contributed by atoms with Crippen molar-refractivity contribution in [3.63, 3.8) is 0 Å². The predicted molar refractivity (Wildman–Crippen MR) is 103 cm³/mol. The third kappa shape index (κ3) is 3.63. The molecule has 0 bridgehead atoms. The van der Waals surface area contributed by atoms with Crippen molar-refractivity contribution in [3.05, 3.63) is 42.0 Å². The fraction of sp³-hybridized carbons (Fsp3) is 0.474. The summed E-state index contributed by atoms with van der Waals surface area (Å²) >= 11 is 5.71. The van der Waals surface area contributed by atoms with E-state index in [4.69, 9.17) is 21.7 Å². The summed E-state index contributed by atoms with van der Waals surface area (Å²) in [5, 5.41) is 3.46. The van der Waals surface area contributed by atoms with E-state index in [-0.39, 0.29) is 5.41 Å². The number of aromatic nitrogens is 2. The van der Waals surface area contributed by atoms with Gasteiger partial charge in [0.1, 0.15) is 0 Å². The molecule has 0 unspecified atom stereocenters. The van der Waals surface area contributed by atoms with E-state index in [9.17, 15) is 0 Å². The quantitative estimate of drug-likeness (QED) is 0.579. The fourth-order valence-corrected chi connectivity index (χ4v) is 3.57. The smallest absolute Gasteiger partial charge is 0.161 e. The van der Waals surface area contributed by atoms with E-state index in [1.807, 2.05) is 18.6 Å². The van der Waals surface area contributed by atoms with Crippen LogP contribution in [0, 0.1) is 6.92 Å². The molecule has 3 rings (SSSR count). The molecule has 1 saturated carbocycles. The van der Waals surface area contributed by atoms with Gasteiger partial charge < -0.3 is 19.4 Å². The molecule has 1 heterocycles. The fourth-order valence-electron chi connectivity index (χ4n) is 3.15. The van der Waals surface area contributed by atoms with Crippen LogP contribution in [0.1, 0.15) is 30.5 Å².